The van der Waals surface area contributed by atoms with Gasteiger partial charge in [0.15, 0.2) is 5.78 Å². The number of hydrogen-bond acceptors (Lipinski definition) is 4. The summed E-state index contributed by atoms with van der Waals surface area (Å²) in [5, 5.41) is 0. The average Bonchev–Trinajstić information content (AvgIpc) is 3.10. The van der Waals surface area contributed by atoms with Crippen LogP contribution in [0.5, 0.6) is 0 Å². The smallest absolute Gasteiger partial charge is 0.181 e. The van der Waals surface area contributed by atoms with E-state index in [1.807, 2.05) is 17.8 Å². The first-order valence-electron chi connectivity index (χ1n) is 7.00. The third-order valence-electron chi connectivity index (χ3n) is 4.15. The van der Waals surface area contributed by atoms with Gasteiger partial charge in [-0.1, -0.05) is 6.07 Å². The Bertz CT molecular complexity index is 653. The Morgan fingerprint density at radius 2 is 2.25 bits per heavy atom. The average molecular weight is 301 g/mol. The number of aromatic nitrogens is 1. The lowest BCUT2D eigenvalue weighted by Gasteiger charge is -2.08. The van der Waals surface area contributed by atoms with Crippen molar-refractivity contribution >= 4 is 28.9 Å². The van der Waals surface area contributed by atoms with Gasteiger partial charge in [0, 0.05) is 16.8 Å². The second kappa shape index (κ2) is 5.01. The van der Waals surface area contributed by atoms with Crippen molar-refractivity contribution in [3.63, 3.8) is 0 Å². The van der Waals surface area contributed by atoms with E-state index in [9.17, 15) is 4.79 Å². The summed E-state index contributed by atoms with van der Waals surface area (Å²) in [5.74, 6) is 2.53. The van der Waals surface area contributed by atoms with E-state index in [1.54, 1.807) is 17.5 Å². The zero-order valence-corrected chi connectivity index (χ0v) is 12.7. The zero-order valence-electron chi connectivity index (χ0n) is 11.1. The molecule has 0 radical (unpaired) electrons. The number of carbonyl (C=O) groups excluding carboxylic acids is 1. The van der Waals surface area contributed by atoms with E-state index < -0.39 is 0 Å². The first kappa shape index (κ1) is 12.6. The highest BCUT2D eigenvalue weighted by atomic mass is 32.2. The molecule has 2 nitrogen and oxygen atoms in total. The van der Waals surface area contributed by atoms with Gasteiger partial charge in [-0.15, -0.1) is 11.3 Å². The fraction of sp³-hybridized carbons (Fsp3) is 0.375. The van der Waals surface area contributed by atoms with Crippen molar-refractivity contribution in [2.45, 2.75) is 30.9 Å². The van der Waals surface area contributed by atoms with Crippen molar-refractivity contribution in [3.05, 3.63) is 51.0 Å². The number of rotatable bonds is 2. The summed E-state index contributed by atoms with van der Waals surface area (Å²) >= 11 is 3.68. The van der Waals surface area contributed by atoms with Crippen molar-refractivity contribution in [1.82, 2.24) is 4.98 Å². The van der Waals surface area contributed by atoms with Crippen LogP contribution in [0.1, 0.15) is 43.7 Å². The van der Waals surface area contributed by atoms with Crippen LogP contribution in [0.25, 0.3) is 0 Å². The summed E-state index contributed by atoms with van der Waals surface area (Å²) in [4.78, 5) is 19.6. The van der Waals surface area contributed by atoms with E-state index in [2.05, 4.69) is 17.1 Å². The van der Waals surface area contributed by atoms with Crippen molar-refractivity contribution < 1.29 is 4.79 Å². The van der Waals surface area contributed by atoms with Crippen LogP contribution in [0.3, 0.4) is 0 Å². The Balaban J connectivity index is 1.67. The number of hydrogen-bond donors (Lipinski definition) is 0. The third kappa shape index (κ3) is 2.02. The normalized spacial score (nSPS) is 20.5. The van der Waals surface area contributed by atoms with Crippen LogP contribution in [-0.4, -0.2) is 16.5 Å². The Morgan fingerprint density at radius 3 is 3.15 bits per heavy atom. The van der Waals surface area contributed by atoms with E-state index >= 15 is 0 Å². The van der Waals surface area contributed by atoms with Crippen LogP contribution in [0.15, 0.2) is 24.4 Å². The highest BCUT2D eigenvalue weighted by Gasteiger charge is 2.31. The molecule has 102 valence electrons. The van der Waals surface area contributed by atoms with Crippen molar-refractivity contribution in [1.29, 1.82) is 0 Å². The standard InChI is InChI=1S/C16H15NOS2/c18-16(12-4-3-10-2-1-6-17-15(10)12)14-8-11-9-19-7-5-13(11)20-14/h1-2,6,8,12H,3-5,7,9H2. The molecule has 0 N–H and O–H groups in total. The monoisotopic (exact) mass is 301 g/mol. The minimum absolute atomic E-state index is 0.0149. The van der Waals surface area contributed by atoms with E-state index in [0.29, 0.717) is 0 Å². The van der Waals surface area contributed by atoms with Gasteiger partial charge in [0.05, 0.1) is 16.5 Å². The van der Waals surface area contributed by atoms with Crippen molar-refractivity contribution in [2.75, 3.05) is 5.75 Å². The number of Topliss-reactive ketones (excluding diaryl/α,β-unsaturated/α-hetero) is 1. The predicted molar refractivity (Wildman–Crippen MR) is 83.8 cm³/mol. The molecule has 4 heteroatoms. The number of carbonyl (C=O) groups is 1. The van der Waals surface area contributed by atoms with Crippen LogP contribution >= 0.6 is 23.1 Å². The molecule has 0 bridgehead atoms. The highest BCUT2D eigenvalue weighted by molar-refractivity contribution is 7.98. The van der Waals surface area contributed by atoms with Crippen LogP contribution in [0.4, 0.5) is 0 Å². The Hall–Kier alpha value is -1.13. The summed E-state index contributed by atoms with van der Waals surface area (Å²) in [5.41, 5.74) is 3.65. The maximum atomic E-state index is 12.8. The third-order valence-corrected chi connectivity index (χ3v) is 6.41. The Labute approximate surface area is 126 Å². The summed E-state index contributed by atoms with van der Waals surface area (Å²) in [6.07, 6.45) is 4.83. The van der Waals surface area contributed by atoms with Gasteiger partial charge in [-0.05, 0) is 48.3 Å². The van der Waals surface area contributed by atoms with Gasteiger partial charge in [0.2, 0.25) is 0 Å². The molecule has 0 aromatic carbocycles. The molecule has 0 saturated carbocycles. The maximum Gasteiger partial charge on any atom is 0.181 e. The highest BCUT2D eigenvalue weighted by Crippen LogP contribution is 2.38. The molecule has 4 rings (SSSR count). The second-order valence-electron chi connectivity index (χ2n) is 5.36. The van der Waals surface area contributed by atoms with Gasteiger partial charge in [0.1, 0.15) is 0 Å². The number of thiophene rings is 1. The van der Waals surface area contributed by atoms with Crippen LogP contribution in [0.2, 0.25) is 0 Å². The molecule has 0 fully saturated rings. The SMILES string of the molecule is O=C(c1cc2c(s1)CCSC2)C1CCc2cccnc21. The minimum atomic E-state index is -0.0149. The minimum Gasteiger partial charge on any atom is -0.293 e. The molecular weight excluding hydrogens is 286 g/mol. The van der Waals surface area contributed by atoms with Gasteiger partial charge in [-0.2, -0.15) is 11.8 Å². The van der Waals surface area contributed by atoms with Crippen LogP contribution in [-0.2, 0) is 18.6 Å². The maximum absolute atomic E-state index is 12.8. The lowest BCUT2D eigenvalue weighted by atomic mass is 9.99. The summed E-state index contributed by atoms with van der Waals surface area (Å²) in [6.45, 7) is 0. The van der Waals surface area contributed by atoms with Crippen LogP contribution < -0.4 is 0 Å². The topological polar surface area (TPSA) is 30.0 Å². The molecule has 3 heterocycles. The molecule has 1 aliphatic carbocycles. The predicted octanol–water partition coefficient (Wildman–Crippen LogP) is 3.85. The molecule has 20 heavy (non-hydrogen) atoms. The summed E-state index contributed by atoms with van der Waals surface area (Å²) < 4.78 is 0. The molecule has 0 saturated heterocycles. The van der Waals surface area contributed by atoms with Crippen molar-refractivity contribution in [2.24, 2.45) is 0 Å². The van der Waals surface area contributed by atoms with E-state index in [-0.39, 0.29) is 11.7 Å². The number of nitrogens with zero attached hydrogens (tertiary/aromatic N) is 1. The quantitative estimate of drug-likeness (QED) is 0.789. The van der Waals surface area contributed by atoms with Crippen molar-refractivity contribution in [3.8, 4) is 0 Å². The lowest BCUT2D eigenvalue weighted by Crippen LogP contribution is -2.09. The number of aryl methyl sites for hydroxylation is 2. The summed E-state index contributed by atoms with van der Waals surface area (Å²) in [6, 6.07) is 6.20. The van der Waals surface area contributed by atoms with Gasteiger partial charge in [0.25, 0.3) is 0 Å². The molecule has 2 aromatic heterocycles. The number of ketones is 1. The Kier molecular flexibility index (Phi) is 3.15. The fourth-order valence-corrected chi connectivity index (χ4v) is 5.47. The lowest BCUT2D eigenvalue weighted by molar-refractivity contribution is 0.0962. The van der Waals surface area contributed by atoms with E-state index in [4.69, 9.17) is 0 Å². The number of fused-ring (bicyclic) bond motifs is 2. The molecule has 2 aliphatic rings. The van der Waals surface area contributed by atoms with Gasteiger partial charge < -0.3 is 0 Å². The zero-order chi connectivity index (χ0) is 13.5. The largest absolute Gasteiger partial charge is 0.293 e. The molecule has 1 unspecified atom stereocenters. The molecule has 1 aliphatic heterocycles. The van der Waals surface area contributed by atoms with Gasteiger partial charge in [-0.25, -0.2) is 0 Å². The fourth-order valence-electron chi connectivity index (χ4n) is 3.11. The molecule has 0 amide bonds. The Morgan fingerprint density at radius 1 is 1.30 bits per heavy atom. The number of pyridine rings is 1. The van der Waals surface area contributed by atoms with Gasteiger partial charge >= 0.3 is 0 Å². The number of thioether (sulfide) groups is 1. The summed E-state index contributed by atoms with van der Waals surface area (Å²) in [7, 11) is 0. The van der Waals surface area contributed by atoms with E-state index in [0.717, 1.165) is 35.6 Å². The first-order chi connectivity index (χ1) is 9.83. The van der Waals surface area contributed by atoms with Crippen LogP contribution in [0, 0.1) is 0 Å². The molecular formula is C16H15NOS2. The van der Waals surface area contributed by atoms with E-state index in [1.165, 1.54) is 21.8 Å². The first-order valence-corrected chi connectivity index (χ1v) is 8.97. The molecule has 0 spiro atoms. The van der Waals surface area contributed by atoms with Gasteiger partial charge in [-0.3, -0.25) is 9.78 Å². The molecule has 2 aromatic rings. The second-order valence-corrected chi connectivity index (χ2v) is 7.61. The molecule has 1 atom stereocenters.